The summed E-state index contributed by atoms with van der Waals surface area (Å²) in [7, 11) is 0. The molecule has 0 unspecified atom stereocenters. The Labute approximate surface area is 76.7 Å². The van der Waals surface area contributed by atoms with Crippen molar-refractivity contribution in [2.75, 3.05) is 0 Å². The van der Waals surface area contributed by atoms with Gasteiger partial charge in [0.2, 0.25) is 0 Å². The summed E-state index contributed by atoms with van der Waals surface area (Å²) < 4.78 is 0. The predicted molar refractivity (Wildman–Crippen MR) is 57.2 cm³/mol. The van der Waals surface area contributed by atoms with Crippen molar-refractivity contribution in [1.82, 2.24) is 0 Å². The van der Waals surface area contributed by atoms with Crippen LogP contribution >= 0.6 is 0 Å². The van der Waals surface area contributed by atoms with Gasteiger partial charge in [-0.2, -0.15) is 0 Å². The fraction of sp³-hybridized carbons (Fsp3) is 0.500. The summed E-state index contributed by atoms with van der Waals surface area (Å²) in [5, 5.41) is 0. The van der Waals surface area contributed by atoms with Gasteiger partial charge in [0.1, 0.15) is 0 Å². The van der Waals surface area contributed by atoms with E-state index in [1.165, 1.54) is 24.0 Å². The predicted octanol–water partition coefficient (Wildman–Crippen LogP) is 4.26. The number of hydrogen-bond acceptors (Lipinski definition) is 0. The van der Waals surface area contributed by atoms with E-state index in [1.807, 2.05) is 0 Å². The first-order chi connectivity index (χ1) is 5.70. The fourth-order valence-corrected chi connectivity index (χ4v) is 1.04. The van der Waals surface area contributed by atoms with Gasteiger partial charge in [0.15, 0.2) is 0 Å². The van der Waals surface area contributed by atoms with E-state index in [2.05, 4.69) is 39.2 Å². The average molecular weight is 164 g/mol. The molecule has 12 heavy (non-hydrogen) atoms. The van der Waals surface area contributed by atoms with Crippen molar-refractivity contribution in [2.45, 2.75) is 39.5 Å². The van der Waals surface area contributed by atoms with Gasteiger partial charge in [-0.3, -0.25) is 0 Å². The lowest BCUT2D eigenvalue weighted by Crippen LogP contribution is -1.77. The van der Waals surface area contributed by atoms with Crippen molar-refractivity contribution in [2.24, 2.45) is 0 Å². The summed E-state index contributed by atoms with van der Waals surface area (Å²) in [6.45, 7) is 12.2. The van der Waals surface area contributed by atoms with E-state index in [0.29, 0.717) is 0 Å². The van der Waals surface area contributed by atoms with Crippen LogP contribution in [0, 0.1) is 0 Å². The molecular weight excluding hydrogens is 144 g/mol. The van der Waals surface area contributed by atoms with E-state index in [-0.39, 0.29) is 0 Å². The minimum absolute atomic E-state index is 1.09. The molecule has 0 spiro atoms. The third kappa shape index (κ3) is 5.96. The van der Waals surface area contributed by atoms with E-state index in [0.717, 1.165) is 12.8 Å². The molecule has 0 heterocycles. The van der Waals surface area contributed by atoms with Gasteiger partial charge in [-0.25, -0.2) is 0 Å². The molecule has 0 rings (SSSR count). The molecule has 68 valence electrons. The highest BCUT2D eigenvalue weighted by atomic mass is 13.9. The Morgan fingerprint density at radius 3 is 1.50 bits per heavy atom. The van der Waals surface area contributed by atoms with Gasteiger partial charge in [0.05, 0.1) is 0 Å². The van der Waals surface area contributed by atoms with Crippen LogP contribution in [0.4, 0.5) is 0 Å². The minimum Gasteiger partial charge on any atom is -0.0958 e. The average Bonchev–Trinajstić information content (AvgIpc) is 2.02. The van der Waals surface area contributed by atoms with Crippen LogP contribution in [0.25, 0.3) is 0 Å². The summed E-state index contributed by atoms with van der Waals surface area (Å²) in [5.74, 6) is 0. The van der Waals surface area contributed by atoms with E-state index in [1.54, 1.807) is 0 Å². The molecule has 0 saturated carbocycles. The largest absolute Gasteiger partial charge is 0.0958 e. The molecule has 0 fully saturated rings. The Morgan fingerprint density at radius 2 is 1.25 bits per heavy atom. The molecule has 0 aliphatic heterocycles. The van der Waals surface area contributed by atoms with Gasteiger partial charge in [0, 0.05) is 0 Å². The first kappa shape index (κ1) is 11.2. The molecule has 0 aromatic rings. The first-order valence-corrected chi connectivity index (χ1v) is 4.74. The molecule has 0 aromatic carbocycles. The Balaban J connectivity index is 3.73. The Hall–Kier alpha value is -0.780. The molecule has 0 heteroatoms. The second-order valence-electron chi connectivity index (χ2n) is 3.15. The van der Waals surface area contributed by atoms with E-state index < -0.39 is 0 Å². The number of allylic oxidation sites excluding steroid dienone is 4. The van der Waals surface area contributed by atoms with Crippen LogP contribution < -0.4 is 0 Å². The van der Waals surface area contributed by atoms with Crippen LogP contribution in [0.1, 0.15) is 39.5 Å². The van der Waals surface area contributed by atoms with Gasteiger partial charge in [0.25, 0.3) is 0 Å². The highest BCUT2D eigenvalue weighted by Gasteiger charge is 1.87. The highest BCUT2D eigenvalue weighted by molar-refractivity contribution is 5.23. The Morgan fingerprint density at radius 1 is 0.917 bits per heavy atom. The quantitative estimate of drug-likeness (QED) is 0.515. The Kier molecular flexibility index (Phi) is 6.45. The Bertz CT molecular complexity index is 152. The third-order valence-corrected chi connectivity index (χ3v) is 1.70. The van der Waals surface area contributed by atoms with E-state index >= 15 is 0 Å². The maximum atomic E-state index is 3.95. The zero-order valence-corrected chi connectivity index (χ0v) is 8.40. The maximum Gasteiger partial charge on any atom is -0.0287 e. The number of hydrogen-bond donors (Lipinski definition) is 0. The zero-order valence-electron chi connectivity index (χ0n) is 8.40. The standard InChI is InChI=1S/C12H20/c1-5-7-11(3)9-10-12(4)8-6-2/h9-10H,3-8H2,1-2H3/b10-9-. The lowest BCUT2D eigenvalue weighted by Gasteiger charge is -1.97. The van der Waals surface area contributed by atoms with Gasteiger partial charge < -0.3 is 0 Å². The van der Waals surface area contributed by atoms with Gasteiger partial charge in [-0.1, -0.05) is 63.1 Å². The maximum absolute atomic E-state index is 3.95. The van der Waals surface area contributed by atoms with Crippen molar-refractivity contribution < 1.29 is 0 Å². The van der Waals surface area contributed by atoms with Crippen molar-refractivity contribution in [3.05, 3.63) is 36.5 Å². The van der Waals surface area contributed by atoms with Crippen LogP contribution in [0.5, 0.6) is 0 Å². The highest BCUT2D eigenvalue weighted by Crippen LogP contribution is 2.08. The normalized spacial score (nSPS) is 10.5. The van der Waals surface area contributed by atoms with Crippen molar-refractivity contribution in [3.63, 3.8) is 0 Å². The molecule has 0 aromatic heterocycles. The van der Waals surface area contributed by atoms with Crippen LogP contribution in [-0.2, 0) is 0 Å². The van der Waals surface area contributed by atoms with Crippen LogP contribution in [0.2, 0.25) is 0 Å². The minimum atomic E-state index is 1.09. The zero-order chi connectivity index (χ0) is 9.40. The topological polar surface area (TPSA) is 0 Å². The second-order valence-corrected chi connectivity index (χ2v) is 3.15. The molecule has 0 aliphatic carbocycles. The van der Waals surface area contributed by atoms with Gasteiger partial charge in [-0.15, -0.1) is 0 Å². The van der Waals surface area contributed by atoms with Crippen LogP contribution in [-0.4, -0.2) is 0 Å². The van der Waals surface area contributed by atoms with Gasteiger partial charge >= 0.3 is 0 Å². The third-order valence-electron chi connectivity index (χ3n) is 1.70. The summed E-state index contributed by atoms with van der Waals surface area (Å²) in [6, 6.07) is 0. The second kappa shape index (κ2) is 6.90. The summed E-state index contributed by atoms with van der Waals surface area (Å²) in [4.78, 5) is 0. The van der Waals surface area contributed by atoms with Crippen LogP contribution in [0.15, 0.2) is 36.5 Å². The molecule has 0 nitrogen and oxygen atoms in total. The molecule has 0 atom stereocenters. The van der Waals surface area contributed by atoms with Crippen molar-refractivity contribution in [1.29, 1.82) is 0 Å². The first-order valence-electron chi connectivity index (χ1n) is 4.74. The van der Waals surface area contributed by atoms with Gasteiger partial charge in [-0.05, 0) is 12.8 Å². The molecule has 0 bridgehead atoms. The molecule has 0 N–H and O–H groups in total. The lowest BCUT2D eigenvalue weighted by atomic mass is 10.1. The number of rotatable bonds is 6. The van der Waals surface area contributed by atoms with E-state index in [9.17, 15) is 0 Å². The summed E-state index contributed by atoms with van der Waals surface area (Å²) in [6.07, 6.45) is 8.70. The molecule has 0 aliphatic rings. The fourth-order valence-electron chi connectivity index (χ4n) is 1.04. The van der Waals surface area contributed by atoms with Crippen molar-refractivity contribution in [3.8, 4) is 0 Å². The molecule has 0 radical (unpaired) electrons. The monoisotopic (exact) mass is 164 g/mol. The molecular formula is C12H20. The van der Waals surface area contributed by atoms with Crippen molar-refractivity contribution >= 4 is 0 Å². The summed E-state index contributed by atoms with van der Waals surface area (Å²) >= 11 is 0. The lowest BCUT2D eigenvalue weighted by molar-refractivity contribution is 0.920. The summed E-state index contributed by atoms with van der Waals surface area (Å²) in [5.41, 5.74) is 2.41. The smallest absolute Gasteiger partial charge is 0.0287 e. The molecule has 0 amide bonds. The SMILES string of the molecule is C=C(/C=C\C(=C)CCC)CCC. The van der Waals surface area contributed by atoms with E-state index in [4.69, 9.17) is 0 Å². The van der Waals surface area contributed by atoms with Crippen LogP contribution in [0.3, 0.4) is 0 Å². The molecule has 0 saturated heterocycles.